The van der Waals surface area contributed by atoms with Crippen LogP contribution >= 0.6 is 0 Å². The van der Waals surface area contributed by atoms with Gasteiger partial charge in [0.15, 0.2) is 0 Å². The molecule has 0 bridgehead atoms. The first-order valence-electron chi connectivity index (χ1n) is 8.06. The highest BCUT2D eigenvalue weighted by Gasteiger charge is 2.32. The molecule has 0 aromatic heterocycles. The van der Waals surface area contributed by atoms with Crippen LogP contribution in [-0.4, -0.2) is 58.5 Å². The lowest BCUT2D eigenvalue weighted by atomic mass is 9.97. The summed E-state index contributed by atoms with van der Waals surface area (Å²) < 4.78 is 0. The highest BCUT2D eigenvalue weighted by Crippen LogP contribution is 2.18. The Morgan fingerprint density at radius 1 is 1.35 bits per heavy atom. The Morgan fingerprint density at radius 3 is 2.70 bits per heavy atom. The minimum atomic E-state index is -0.724. The Labute approximate surface area is 137 Å². The Hall–Kier alpha value is -1.88. The average Bonchev–Trinajstić information content (AvgIpc) is 2.50. The largest absolute Gasteiger partial charge is 0.390 e. The van der Waals surface area contributed by atoms with Gasteiger partial charge >= 0.3 is 0 Å². The molecular formula is C18H26N2O3. The molecule has 1 aliphatic rings. The van der Waals surface area contributed by atoms with Crippen molar-refractivity contribution in [2.75, 3.05) is 20.1 Å². The number of rotatable bonds is 4. The maximum Gasteiger partial charge on any atom is 0.254 e. The molecule has 0 unspecified atom stereocenters. The van der Waals surface area contributed by atoms with Crippen LogP contribution in [0.3, 0.4) is 0 Å². The predicted molar refractivity (Wildman–Crippen MR) is 89.2 cm³/mol. The molecule has 1 aromatic carbocycles. The monoisotopic (exact) mass is 318 g/mol. The summed E-state index contributed by atoms with van der Waals surface area (Å²) in [5.41, 5.74) is 0.895. The number of amides is 2. The topological polar surface area (TPSA) is 60.9 Å². The number of aryl methyl sites for hydroxylation is 1. The third-order valence-electron chi connectivity index (χ3n) is 4.34. The van der Waals surface area contributed by atoms with Crippen molar-refractivity contribution in [1.82, 2.24) is 9.80 Å². The Balaban J connectivity index is 2.12. The average molecular weight is 318 g/mol. The van der Waals surface area contributed by atoms with Gasteiger partial charge in [0.1, 0.15) is 6.04 Å². The molecule has 0 spiro atoms. The van der Waals surface area contributed by atoms with Gasteiger partial charge in [0.25, 0.3) is 5.91 Å². The number of hydrogen-bond acceptors (Lipinski definition) is 3. The summed E-state index contributed by atoms with van der Waals surface area (Å²) in [6.45, 7) is 6.44. The van der Waals surface area contributed by atoms with Crippen LogP contribution in [0.15, 0.2) is 24.3 Å². The molecule has 2 amide bonds. The zero-order valence-corrected chi connectivity index (χ0v) is 14.4. The van der Waals surface area contributed by atoms with Crippen molar-refractivity contribution in [3.63, 3.8) is 0 Å². The molecule has 2 rings (SSSR count). The van der Waals surface area contributed by atoms with Gasteiger partial charge in [-0.1, -0.05) is 12.1 Å². The van der Waals surface area contributed by atoms with E-state index in [1.807, 2.05) is 18.2 Å². The van der Waals surface area contributed by atoms with Crippen LogP contribution in [0.1, 0.15) is 43.1 Å². The van der Waals surface area contributed by atoms with E-state index in [1.165, 1.54) is 0 Å². The van der Waals surface area contributed by atoms with Crippen LogP contribution in [0.25, 0.3) is 0 Å². The number of nitrogens with zero attached hydrogens (tertiary/aromatic N) is 2. The highest BCUT2D eigenvalue weighted by atomic mass is 16.3. The number of hydrogen-bond donors (Lipinski definition) is 1. The summed E-state index contributed by atoms with van der Waals surface area (Å²) in [6, 6.07) is 7.03. The zero-order chi connectivity index (χ0) is 17.2. The van der Waals surface area contributed by atoms with Crippen LogP contribution in [0.5, 0.6) is 0 Å². The molecule has 1 fully saturated rings. The molecule has 1 saturated heterocycles. The number of piperazine rings is 1. The third-order valence-corrected chi connectivity index (χ3v) is 4.34. The van der Waals surface area contributed by atoms with Crippen LogP contribution in [0.2, 0.25) is 0 Å². The molecule has 0 aliphatic carbocycles. The van der Waals surface area contributed by atoms with Crippen LogP contribution in [0, 0.1) is 0 Å². The molecule has 1 heterocycles. The van der Waals surface area contributed by atoms with Gasteiger partial charge in [-0.15, -0.1) is 0 Å². The maximum atomic E-state index is 12.7. The molecular weight excluding hydrogens is 292 g/mol. The molecule has 0 radical (unpaired) electrons. The van der Waals surface area contributed by atoms with Crippen molar-refractivity contribution in [3.05, 3.63) is 35.4 Å². The van der Waals surface area contributed by atoms with Gasteiger partial charge in [0.05, 0.1) is 5.60 Å². The van der Waals surface area contributed by atoms with Crippen LogP contribution < -0.4 is 0 Å². The molecule has 1 atom stereocenters. The number of carbonyl (C=O) groups excluding carboxylic acids is 2. The smallest absolute Gasteiger partial charge is 0.254 e. The van der Waals surface area contributed by atoms with E-state index in [1.54, 1.807) is 43.7 Å². The van der Waals surface area contributed by atoms with E-state index in [9.17, 15) is 14.7 Å². The fourth-order valence-electron chi connectivity index (χ4n) is 2.77. The van der Waals surface area contributed by atoms with E-state index in [4.69, 9.17) is 0 Å². The Morgan fingerprint density at radius 2 is 2.04 bits per heavy atom. The lowest BCUT2D eigenvalue weighted by Crippen LogP contribution is -2.56. The van der Waals surface area contributed by atoms with Gasteiger partial charge in [-0.3, -0.25) is 9.59 Å². The SMILES string of the molecule is C[C@H]1C(=O)N(C)CCN1C(=O)c1cccc(CCC(C)(C)O)c1. The third kappa shape index (κ3) is 4.32. The minimum absolute atomic E-state index is 0.0252. The maximum absolute atomic E-state index is 12.7. The number of aliphatic hydroxyl groups is 1. The van der Waals surface area contributed by atoms with Crippen LogP contribution in [-0.2, 0) is 11.2 Å². The molecule has 1 aliphatic heterocycles. The molecule has 1 aromatic rings. The van der Waals surface area contributed by atoms with Crippen molar-refractivity contribution < 1.29 is 14.7 Å². The van der Waals surface area contributed by atoms with Gasteiger partial charge in [0.2, 0.25) is 5.91 Å². The van der Waals surface area contributed by atoms with Gasteiger partial charge in [-0.2, -0.15) is 0 Å². The first-order chi connectivity index (χ1) is 10.7. The first kappa shape index (κ1) is 17.5. The first-order valence-corrected chi connectivity index (χ1v) is 8.06. The molecule has 23 heavy (non-hydrogen) atoms. The van der Waals surface area contributed by atoms with Crippen LogP contribution in [0.4, 0.5) is 0 Å². The zero-order valence-electron chi connectivity index (χ0n) is 14.4. The second-order valence-corrected chi connectivity index (χ2v) is 6.95. The van der Waals surface area contributed by atoms with E-state index in [0.29, 0.717) is 31.5 Å². The second kappa shape index (κ2) is 6.71. The fourth-order valence-corrected chi connectivity index (χ4v) is 2.77. The normalized spacial score (nSPS) is 19.2. The highest BCUT2D eigenvalue weighted by molar-refractivity contribution is 5.98. The van der Waals surface area contributed by atoms with Crippen molar-refractivity contribution in [2.45, 2.75) is 45.3 Å². The van der Waals surface area contributed by atoms with Crippen molar-refractivity contribution >= 4 is 11.8 Å². The number of likely N-dealkylation sites (N-methyl/N-ethyl adjacent to an activating group) is 1. The van der Waals surface area contributed by atoms with E-state index in [-0.39, 0.29) is 11.8 Å². The standard InChI is InChI=1S/C18H26N2O3/c1-13-16(21)19(4)10-11-20(13)17(22)15-7-5-6-14(12-15)8-9-18(2,3)23/h5-7,12-13,23H,8-11H2,1-4H3/t13-/m0/s1. The summed E-state index contributed by atoms with van der Waals surface area (Å²) >= 11 is 0. The lowest BCUT2D eigenvalue weighted by molar-refractivity contribution is -0.137. The van der Waals surface area contributed by atoms with Gasteiger partial charge in [0, 0.05) is 25.7 Å². The van der Waals surface area contributed by atoms with Crippen molar-refractivity contribution in [3.8, 4) is 0 Å². The summed E-state index contributed by atoms with van der Waals surface area (Å²) in [4.78, 5) is 28.1. The molecule has 5 heteroatoms. The van der Waals surface area contributed by atoms with E-state index >= 15 is 0 Å². The quantitative estimate of drug-likeness (QED) is 0.919. The molecule has 0 saturated carbocycles. The molecule has 5 nitrogen and oxygen atoms in total. The molecule has 126 valence electrons. The fraction of sp³-hybridized carbons (Fsp3) is 0.556. The van der Waals surface area contributed by atoms with E-state index < -0.39 is 11.6 Å². The van der Waals surface area contributed by atoms with Gasteiger partial charge in [-0.25, -0.2) is 0 Å². The second-order valence-electron chi connectivity index (χ2n) is 6.95. The summed E-state index contributed by atoms with van der Waals surface area (Å²) in [5.74, 6) is -0.133. The van der Waals surface area contributed by atoms with Gasteiger partial charge in [-0.05, 0) is 51.3 Å². The van der Waals surface area contributed by atoms with E-state index in [0.717, 1.165) is 5.56 Å². The van der Waals surface area contributed by atoms with Gasteiger partial charge < -0.3 is 14.9 Å². The summed E-state index contributed by atoms with van der Waals surface area (Å²) in [7, 11) is 1.76. The minimum Gasteiger partial charge on any atom is -0.390 e. The Bertz CT molecular complexity index is 592. The molecule has 1 N–H and O–H groups in total. The summed E-state index contributed by atoms with van der Waals surface area (Å²) in [5, 5.41) is 9.83. The summed E-state index contributed by atoms with van der Waals surface area (Å²) in [6.07, 6.45) is 1.34. The number of benzene rings is 1. The lowest BCUT2D eigenvalue weighted by Gasteiger charge is -2.37. The van der Waals surface area contributed by atoms with Crippen molar-refractivity contribution in [1.29, 1.82) is 0 Å². The van der Waals surface area contributed by atoms with E-state index in [2.05, 4.69) is 0 Å². The number of carbonyl (C=O) groups is 2. The predicted octanol–water partition coefficient (Wildman–Crippen LogP) is 1.69. The Kier molecular flexibility index (Phi) is 5.09. The van der Waals surface area contributed by atoms with Crippen molar-refractivity contribution in [2.24, 2.45) is 0 Å².